The summed E-state index contributed by atoms with van der Waals surface area (Å²) < 4.78 is 26.1. The Morgan fingerprint density at radius 1 is 0.973 bits per heavy atom. The van der Waals surface area contributed by atoms with E-state index in [0.29, 0.717) is 23.7 Å². The molecule has 1 atom stereocenters. The number of hydrogen-bond acceptors (Lipinski definition) is 5. The molecule has 37 heavy (non-hydrogen) atoms. The normalized spacial score (nSPS) is 16.8. The number of Topliss-reactive ketones (excluding diaryl/α,β-unsaturated/α-hetero) is 1. The molecule has 0 radical (unpaired) electrons. The summed E-state index contributed by atoms with van der Waals surface area (Å²) in [5, 5.41) is 11.2. The van der Waals surface area contributed by atoms with Gasteiger partial charge >= 0.3 is 0 Å². The van der Waals surface area contributed by atoms with E-state index in [1.165, 1.54) is 29.4 Å². The Labute approximate surface area is 213 Å². The second-order valence-corrected chi connectivity index (χ2v) is 8.77. The molecule has 186 valence electrons. The topological polar surface area (TPSA) is 80.0 Å². The SMILES string of the molecule is Cc1ccccc1COc1ccc(/C(O)=C2\C(=O)C(=O)N(Cc3ccco3)C2c2ccccc2F)cc1. The van der Waals surface area contributed by atoms with Crippen LogP contribution in [0.5, 0.6) is 5.75 Å². The first-order valence-electron chi connectivity index (χ1n) is 11.8. The van der Waals surface area contributed by atoms with Crippen LogP contribution < -0.4 is 4.74 Å². The van der Waals surface area contributed by atoms with Crippen molar-refractivity contribution in [3.8, 4) is 5.75 Å². The van der Waals surface area contributed by atoms with Crippen LogP contribution >= 0.6 is 0 Å². The first-order valence-corrected chi connectivity index (χ1v) is 11.8. The summed E-state index contributed by atoms with van der Waals surface area (Å²) in [4.78, 5) is 27.4. The molecule has 1 saturated heterocycles. The maximum absolute atomic E-state index is 14.9. The van der Waals surface area contributed by atoms with Crippen LogP contribution in [0, 0.1) is 12.7 Å². The van der Waals surface area contributed by atoms with Gasteiger partial charge < -0.3 is 19.2 Å². The number of aryl methyl sites for hydroxylation is 1. The van der Waals surface area contributed by atoms with E-state index in [2.05, 4.69) is 0 Å². The molecule has 3 aromatic carbocycles. The van der Waals surface area contributed by atoms with E-state index in [4.69, 9.17) is 9.15 Å². The van der Waals surface area contributed by atoms with E-state index < -0.39 is 23.5 Å². The van der Waals surface area contributed by atoms with Gasteiger partial charge in [0.1, 0.15) is 29.7 Å². The molecule has 6 nitrogen and oxygen atoms in total. The highest BCUT2D eigenvalue weighted by Gasteiger charge is 2.47. The Balaban J connectivity index is 1.48. The highest BCUT2D eigenvalue weighted by molar-refractivity contribution is 6.46. The summed E-state index contributed by atoms with van der Waals surface area (Å²) in [5.74, 6) is -1.72. The van der Waals surface area contributed by atoms with Gasteiger partial charge in [-0.25, -0.2) is 4.39 Å². The van der Waals surface area contributed by atoms with Gasteiger partial charge in [-0.2, -0.15) is 0 Å². The third kappa shape index (κ3) is 4.76. The van der Waals surface area contributed by atoms with Gasteiger partial charge in [-0.15, -0.1) is 0 Å². The van der Waals surface area contributed by atoms with Gasteiger partial charge in [0.15, 0.2) is 0 Å². The number of carbonyl (C=O) groups excluding carboxylic acids is 2. The number of amides is 1. The van der Waals surface area contributed by atoms with Gasteiger partial charge in [0.25, 0.3) is 11.7 Å². The molecule has 2 heterocycles. The largest absolute Gasteiger partial charge is 0.507 e. The summed E-state index contributed by atoms with van der Waals surface area (Å²) in [6.45, 7) is 2.33. The maximum atomic E-state index is 14.9. The molecule has 1 N–H and O–H groups in total. The number of ketones is 1. The number of ether oxygens (including phenoxy) is 1. The van der Waals surface area contributed by atoms with Crippen LogP contribution in [0.3, 0.4) is 0 Å². The Hall–Kier alpha value is -4.65. The average molecular weight is 498 g/mol. The molecular formula is C30H24FNO5. The highest BCUT2D eigenvalue weighted by atomic mass is 19.1. The standard InChI is InChI=1S/C30H24FNO5/c1-19-7-2-3-8-21(19)18-37-22-14-12-20(13-15-22)28(33)26-27(24-10-4-5-11-25(24)31)32(30(35)29(26)34)17-23-9-6-16-36-23/h2-16,27,33H,17-18H2,1H3/b28-26+. The molecule has 1 fully saturated rings. The Morgan fingerprint density at radius 3 is 2.41 bits per heavy atom. The number of nitrogens with zero attached hydrogens (tertiary/aromatic N) is 1. The Bertz CT molecular complexity index is 1470. The monoisotopic (exact) mass is 497 g/mol. The van der Waals surface area contributed by atoms with E-state index in [9.17, 15) is 19.1 Å². The molecule has 1 aromatic heterocycles. The minimum absolute atomic E-state index is 0.0565. The highest BCUT2D eigenvalue weighted by Crippen LogP contribution is 2.41. The fourth-order valence-corrected chi connectivity index (χ4v) is 4.43. The number of carbonyl (C=O) groups is 2. The van der Waals surface area contributed by atoms with E-state index in [1.807, 2.05) is 31.2 Å². The van der Waals surface area contributed by atoms with Crippen LogP contribution in [0.15, 0.2) is 101 Å². The van der Waals surface area contributed by atoms with Gasteiger partial charge in [0.2, 0.25) is 0 Å². The predicted octanol–water partition coefficient (Wildman–Crippen LogP) is 5.93. The lowest BCUT2D eigenvalue weighted by Gasteiger charge is -2.24. The van der Waals surface area contributed by atoms with Crippen LogP contribution in [-0.4, -0.2) is 21.7 Å². The molecule has 4 aromatic rings. The van der Waals surface area contributed by atoms with Crippen molar-refractivity contribution in [2.24, 2.45) is 0 Å². The summed E-state index contributed by atoms with van der Waals surface area (Å²) in [7, 11) is 0. The quantitative estimate of drug-likeness (QED) is 0.195. The third-order valence-electron chi connectivity index (χ3n) is 6.43. The lowest BCUT2D eigenvalue weighted by Crippen LogP contribution is -2.29. The van der Waals surface area contributed by atoms with E-state index in [1.54, 1.807) is 42.5 Å². The lowest BCUT2D eigenvalue weighted by atomic mass is 9.95. The van der Waals surface area contributed by atoms with Crippen molar-refractivity contribution in [3.63, 3.8) is 0 Å². The summed E-state index contributed by atoms with van der Waals surface area (Å²) in [6, 6.07) is 22.5. The molecule has 1 unspecified atom stereocenters. The van der Waals surface area contributed by atoms with E-state index in [-0.39, 0.29) is 23.4 Å². The number of hydrogen-bond donors (Lipinski definition) is 1. The van der Waals surface area contributed by atoms with Gasteiger partial charge in [-0.05, 0) is 60.5 Å². The zero-order valence-corrected chi connectivity index (χ0v) is 20.1. The zero-order chi connectivity index (χ0) is 25.9. The molecule has 0 saturated carbocycles. The summed E-state index contributed by atoms with van der Waals surface area (Å²) in [6.07, 6.45) is 1.45. The first-order chi connectivity index (χ1) is 17.9. The fraction of sp³-hybridized carbons (Fsp3) is 0.133. The van der Waals surface area contributed by atoms with Crippen molar-refractivity contribution >= 4 is 17.4 Å². The van der Waals surface area contributed by atoms with Gasteiger partial charge in [0, 0.05) is 11.1 Å². The molecule has 1 amide bonds. The van der Waals surface area contributed by atoms with Crippen molar-refractivity contribution in [1.29, 1.82) is 0 Å². The zero-order valence-electron chi connectivity index (χ0n) is 20.1. The number of furan rings is 1. The number of benzene rings is 3. The van der Waals surface area contributed by atoms with Crippen molar-refractivity contribution < 1.29 is 28.2 Å². The minimum Gasteiger partial charge on any atom is -0.507 e. The molecule has 0 spiro atoms. The average Bonchev–Trinajstić information content (AvgIpc) is 3.51. The van der Waals surface area contributed by atoms with Crippen LogP contribution in [-0.2, 0) is 22.7 Å². The molecule has 0 aliphatic carbocycles. The van der Waals surface area contributed by atoms with Gasteiger partial charge in [-0.3, -0.25) is 9.59 Å². The number of rotatable bonds is 7. The predicted molar refractivity (Wildman–Crippen MR) is 135 cm³/mol. The van der Waals surface area contributed by atoms with Crippen molar-refractivity contribution in [3.05, 3.63) is 131 Å². The van der Waals surface area contributed by atoms with Crippen LogP contribution in [0.4, 0.5) is 4.39 Å². The van der Waals surface area contributed by atoms with E-state index in [0.717, 1.165) is 11.1 Å². The number of aliphatic hydroxyl groups is 1. The lowest BCUT2D eigenvalue weighted by molar-refractivity contribution is -0.140. The van der Waals surface area contributed by atoms with Crippen LogP contribution in [0.1, 0.15) is 34.1 Å². The third-order valence-corrected chi connectivity index (χ3v) is 6.43. The number of aliphatic hydroxyl groups excluding tert-OH is 1. The summed E-state index contributed by atoms with van der Waals surface area (Å²) >= 11 is 0. The smallest absolute Gasteiger partial charge is 0.296 e. The maximum Gasteiger partial charge on any atom is 0.296 e. The second-order valence-electron chi connectivity index (χ2n) is 8.77. The molecule has 7 heteroatoms. The van der Waals surface area contributed by atoms with Crippen molar-refractivity contribution in [2.45, 2.75) is 26.1 Å². The molecule has 1 aliphatic heterocycles. The van der Waals surface area contributed by atoms with Crippen LogP contribution in [0.25, 0.3) is 5.76 Å². The number of likely N-dealkylation sites (tertiary alicyclic amines) is 1. The van der Waals surface area contributed by atoms with Gasteiger partial charge in [0.05, 0.1) is 24.4 Å². The Morgan fingerprint density at radius 2 is 1.70 bits per heavy atom. The number of halogens is 1. The van der Waals surface area contributed by atoms with Crippen LogP contribution in [0.2, 0.25) is 0 Å². The molecule has 5 rings (SSSR count). The molecule has 1 aliphatic rings. The minimum atomic E-state index is -1.12. The van der Waals surface area contributed by atoms with Crippen molar-refractivity contribution in [1.82, 2.24) is 4.90 Å². The summed E-state index contributed by atoms with van der Waals surface area (Å²) in [5.41, 5.74) is 2.39. The van der Waals surface area contributed by atoms with Crippen molar-refractivity contribution in [2.75, 3.05) is 0 Å². The molecular weight excluding hydrogens is 473 g/mol. The van der Waals surface area contributed by atoms with Gasteiger partial charge in [-0.1, -0.05) is 42.5 Å². The fourth-order valence-electron chi connectivity index (χ4n) is 4.43. The second kappa shape index (κ2) is 10.1. The Kier molecular flexibility index (Phi) is 6.60. The van der Waals surface area contributed by atoms with E-state index >= 15 is 0 Å². The first kappa shape index (κ1) is 24.1. The molecule has 0 bridgehead atoms.